The summed E-state index contributed by atoms with van der Waals surface area (Å²) in [4.78, 5) is 38.6. The Morgan fingerprint density at radius 1 is 0.923 bits per heavy atom. The fourth-order valence-corrected chi connectivity index (χ4v) is 3.49. The van der Waals surface area contributed by atoms with Gasteiger partial charge in [0.2, 0.25) is 0 Å². The number of hydrogen-bond acceptors (Lipinski definition) is 4. The number of hydrogen-bond donors (Lipinski definition) is 3. The fraction of sp³-hybridized carbons (Fsp3) is 0.192. The van der Waals surface area contributed by atoms with Crippen molar-refractivity contribution in [3.05, 3.63) is 83.4 Å². The number of imide groups is 1. The van der Waals surface area contributed by atoms with E-state index in [1.165, 1.54) is 53.4 Å². The van der Waals surface area contributed by atoms with Crippen molar-refractivity contribution < 1.29 is 36.7 Å². The minimum Gasteiger partial charge on any atom is -0.428 e. The number of carbonyl (C=O) groups is 3. The van der Waals surface area contributed by atoms with Crippen molar-refractivity contribution in [1.82, 2.24) is 5.32 Å². The number of amides is 5. The lowest BCUT2D eigenvalue weighted by atomic mass is 10.2. The fourth-order valence-electron chi connectivity index (χ4n) is 3.27. The molecule has 3 aromatic rings. The maximum absolute atomic E-state index is 13.1. The second-order valence-electron chi connectivity index (χ2n) is 8.01. The summed E-state index contributed by atoms with van der Waals surface area (Å²) >= 11 is 5.95. The number of benzene rings is 3. The van der Waals surface area contributed by atoms with Crippen molar-refractivity contribution in [2.24, 2.45) is 0 Å². The van der Waals surface area contributed by atoms with Gasteiger partial charge in [0.1, 0.15) is 5.75 Å². The molecule has 0 unspecified atom stereocenters. The standard InChI is InChI=1S/C26H23ClF4N4O4/c1-2-15-35(18-11-13-19(14-12-18)39-26(30,31)23(28)29)25(38)33-17-9-7-16(8-10-17)32-24(37)34-22(36)20-5-3-4-6-21(20)27/h3-14,23H,2,15H2,1H3,(H,33,38)(H2,32,34,36,37). The van der Waals surface area contributed by atoms with Gasteiger partial charge in [-0.2, -0.15) is 17.6 Å². The van der Waals surface area contributed by atoms with Gasteiger partial charge in [-0.05, 0) is 67.1 Å². The Morgan fingerprint density at radius 3 is 2.08 bits per heavy atom. The molecule has 206 valence electrons. The number of halogens is 5. The molecular weight excluding hydrogens is 544 g/mol. The van der Waals surface area contributed by atoms with Crippen molar-refractivity contribution in [1.29, 1.82) is 0 Å². The summed E-state index contributed by atoms with van der Waals surface area (Å²) in [6.07, 6.45) is -8.08. The van der Waals surface area contributed by atoms with Gasteiger partial charge in [-0.3, -0.25) is 15.0 Å². The molecule has 0 atom stereocenters. The zero-order chi connectivity index (χ0) is 28.6. The SMILES string of the molecule is CCCN(C(=O)Nc1ccc(NC(=O)NC(=O)c2ccccc2Cl)cc1)c1ccc(OC(F)(F)C(F)F)cc1. The van der Waals surface area contributed by atoms with Crippen LogP contribution >= 0.6 is 11.6 Å². The highest BCUT2D eigenvalue weighted by atomic mass is 35.5. The van der Waals surface area contributed by atoms with Gasteiger partial charge in [0, 0.05) is 23.6 Å². The van der Waals surface area contributed by atoms with E-state index in [0.717, 1.165) is 12.1 Å². The molecule has 0 aliphatic carbocycles. The van der Waals surface area contributed by atoms with Gasteiger partial charge in [-0.25, -0.2) is 9.59 Å². The van der Waals surface area contributed by atoms with E-state index in [0.29, 0.717) is 23.5 Å². The summed E-state index contributed by atoms with van der Waals surface area (Å²) < 4.78 is 55.0. The molecule has 5 amide bonds. The predicted octanol–water partition coefficient (Wildman–Crippen LogP) is 6.99. The summed E-state index contributed by atoms with van der Waals surface area (Å²) in [6, 6.07) is 15.6. The maximum Gasteiger partial charge on any atom is 0.461 e. The van der Waals surface area contributed by atoms with Crippen LogP contribution in [0.15, 0.2) is 72.8 Å². The zero-order valence-electron chi connectivity index (χ0n) is 20.4. The van der Waals surface area contributed by atoms with Crippen molar-refractivity contribution in [2.75, 3.05) is 22.1 Å². The highest BCUT2D eigenvalue weighted by Gasteiger charge is 2.44. The Balaban J connectivity index is 1.60. The van der Waals surface area contributed by atoms with Crippen LogP contribution in [-0.4, -0.2) is 37.0 Å². The van der Waals surface area contributed by atoms with Crippen LogP contribution in [0, 0.1) is 0 Å². The summed E-state index contributed by atoms with van der Waals surface area (Å²) in [6.45, 7) is 2.08. The number of rotatable bonds is 9. The molecule has 3 aromatic carbocycles. The smallest absolute Gasteiger partial charge is 0.428 e. The Labute approximate surface area is 225 Å². The van der Waals surface area contributed by atoms with Gasteiger partial charge < -0.3 is 15.4 Å². The van der Waals surface area contributed by atoms with E-state index in [-0.39, 0.29) is 17.1 Å². The molecule has 0 bridgehead atoms. The zero-order valence-corrected chi connectivity index (χ0v) is 21.1. The van der Waals surface area contributed by atoms with E-state index in [9.17, 15) is 31.9 Å². The predicted molar refractivity (Wildman–Crippen MR) is 139 cm³/mol. The average Bonchev–Trinajstić information content (AvgIpc) is 2.89. The third-order valence-corrected chi connectivity index (χ3v) is 5.42. The number of alkyl halides is 4. The Morgan fingerprint density at radius 2 is 1.51 bits per heavy atom. The highest BCUT2D eigenvalue weighted by molar-refractivity contribution is 6.34. The molecular formula is C26H23ClF4N4O4. The van der Waals surface area contributed by atoms with E-state index in [1.54, 1.807) is 12.1 Å². The highest BCUT2D eigenvalue weighted by Crippen LogP contribution is 2.29. The number of carbonyl (C=O) groups excluding carboxylic acids is 3. The molecule has 0 radical (unpaired) electrons. The summed E-state index contributed by atoms with van der Waals surface area (Å²) in [7, 11) is 0. The molecule has 39 heavy (non-hydrogen) atoms. The van der Waals surface area contributed by atoms with Gasteiger partial charge in [-0.15, -0.1) is 0 Å². The van der Waals surface area contributed by atoms with Gasteiger partial charge >= 0.3 is 24.6 Å². The molecule has 0 aromatic heterocycles. The largest absolute Gasteiger partial charge is 0.461 e. The molecule has 0 spiro atoms. The molecule has 3 rings (SSSR count). The van der Waals surface area contributed by atoms with E-state index in [1.807, 2.05) is 6.92 Å². The molecule has 0 aliphatic heterocycles. The quantitative estimate of drug-likeness (QED) is 0.243. The first kappa shape index (κ1) is 29.2. The van der Waals surface area contributed by atoms with Crippen LogP contribution in [0.4, 0.5) is 44.2 Å². The van der Waals surface area contributed by atoms with Crippen LogP contribution in [0.25, 0.3) is 0 Å². The minimum atomic E-state index is -4.64. The van der Waals surface area contributed by atoms with E-state index < -0.39 is 36.3 Å². The van der Waals surface area contributed by atoms with Crippen LogP contribution < -0.4 is 25.6 Å². The van der Waals surface area contributed by atoms with E-state index >= 15 is 0 Å². The number of nitrogens with one attached hydrogen (secondary N) is 3. The molecule has 0 saturated carbocycles. The van der Waals surface area contributed by atoms with Crippen LogP contribution in [0.1, 0.15) is 23.7 Å². The van der Waals surface area contributed by atoms with Gasteiger partial charge in [-0.1, -0.05) is 30.7 Å². The molecule has 13 heteroatoms. The number of anilines is 3. The first-order chi connectivity index (χ1) is 18.5. The normalized spacial score (nSPS) is 11.1. The van der Waals surface area contributed by atoms with E-state index in [2.05, 4.69) is 20.7 Å². The van der Waals surface area contributed by atoms with Crippen molar-refractivity contribution in [3.8, 4) is 5.75 Å². The van der Waals surface area contributed by atoms with E-state index in [4.69, 9.17) is 11.6 Å². The molecule has 0 fully saturated rings. The van der Waals surface area contributed by atoms with Gasteiger partial charge in [0.25, 0.3) is 5.91 Å². The molecule has 0 aliphatic rings. The topological polar surface area (TPSA) is 99.8 Å². The van der Waals surface area contributed by atoms with Crippen molar-refractivity contribution >= 4 is 46.6 Å². The Kier molecular flexibility index (Phi) is 9.72. The average molecular weight is 567 g/mol. The lowest BCUT2D eigenvalue weighted by Gasteiger charge is -2.23. The lowest BCUT2D eigenvalue weighted by Crippen LogP contribution is -2.36. The molecule has 0 saturated heterocycles. The summed E-state index contributed by atoms with van der Waals surface area (Å²) in [5.41, 5.74) is 1.16. The summed E-state index contributed by atoms with van der Waals surface area (Å²) in [5, 5.41) is 7.52. The first-order valence-corrected chi connectivity index (χ1v) is 11.9. The summed E-state index contributed by atoms with van der Waals surface area (Å²) in [5.74, 6) is -1.16. The van der Waals surface area contributed by atoms with Gasteiger partial charge in [0.05, 0.1) is 10.6 Å². The first-order valence-electron chi connectivity index (χ1n) is 11.5. The Bertz CT molecular complexity index is 1310. The van der Waals surface area contributed by atoms with Crippen LogP contribution in [0.5, 0.6) is 5.75 Å². The number of nitrogens with zero attached hydrogens (tertiary/aromatic N) is 1. The van der Waals surface area contributed by atoms with Crippen LogP contribution in [0.2, 0.25) is 5.02 Å². The second kappa shape index (κ2) is 13.0. The minimum absolute atomic E-state index is 0.136. The second-order valence-corrected chi connectivity index (χ2v) is 8.41. The third kappa shape index (κ3) is 8.08. The van der Waals surface area contributed by atoms with Gasteiger partial charge in [0.15, 0.2) is 0 Å². The molecule has 3 N–H and O–H groups in total. The molecule has 8 nitrogen and oxygen atoms in total. The molecule has 0 heterocycles. The lowest BCUT2D eigenvalue weighted by molar-refractivity contribution is -0.253. The van der Waals surface area contributed by atoms with Crippen LogP contribution in [0.3, 0.4) is 0 Å². The third-order valence-electron chi connectivity index (χ3n) is 5.09. The van der Waals surface area contributed by atoms with Crippen molar-refractivity contribution in [3.63, 3.8) is 0 Å². The maximum atomic E-state index is 13.1. The Hall–Kier alpha value is -4.32. The monoisotopic (exact) mass is 566 g/mol. The van der Waals surface area contributed by atoms with Crippen molar-refractivity contribution in [2.45, 2.75) is 25.9 Å². The van der Waals surface area contributed by atoms with Crippen LogP contribution in [-0.2, 0) is 0 Å². The number of ether oxygens (including phenoxy) is 1. The number of urea groups is 2.